The Hall–Kier alpha value is -2.98. The number of nitrogens with zero attached hydrogens (tertiary/aromatic N) is 3. The Bertz CT molecular complexity index is 1280. The smallest absolute Gasteiger partial charge is 0.270 e. The first kappa shape index (κ1) is 27.1. The van der Waals surface area contributed by atoms with Crippen molar-refractivity contribution in [1.29, 1.82) is 0 Å². The number of ether oxygens (including phenoxy) is 1. The second kappa shape index (κ2) is 11.2. The number of carbonyl (C=O) groups excluding carboxylic acids is 1. The quantitative estimate of drug-likeness (QED) is 0.387. The third-order valence-corrected chi connectivity index (χ3v) is 6.82. The number of amides is 1. The summed E-state index contributed by atoms with van der Waals surface area (Å²) in [6.45, 7) is 4.29. The number of pyridine rings is 1. The van der Waals surface area contributed by atoms with Gasteiger partial charge in [-0.15, -0.1) is 0 Å². The van der Waals surface area contributed by atoms with Gasteiger partial charge in [0.25, 0.3) is 5.91 Å². The molecule has 0 fully saturated rings. The number of aliphatic hydroxyl groups is 2. The van der Waals surface area contributed by atoms with Gasteiger partial charge in [-0.2, -0.15) is 0 Å². The zero-order valence-corrected chi connectivity index (χ0v) is 21.9. The molecule has 1 aromatic carbocycles. The van der Waals surface area contributed by atoms with Crippen LogP contribution >= 0.6 is 11.6 Å². The molecule has 0 bridgehead atoms. The molecule has 0 radical (unpaired) electrons. The third kappa shape index (κ3) is 5.80. The Morgan fingerprint density at radius 3 is 2.68 bits per heavy atom. The van der Waals surface area contributed by atoms with Crippen molar-refractivity contribution in [2.75, 3.05) is 32.2 Å². The van der Waals surface area contributed by atoms with Gasteiger partial charge >= 0.3 is 0 Å². The van der Waals surface area contributed by atoms with Crippen LogP contribution in [0.1, 0.15) is 35.5 Å². The van der Waals surface area contributed by atoms with Crippen molar-refractivity contribution in [2.24, 2.45) is 5.41 Å². The minimum absolute atomic E-state index is 0.0664. The highest BCUT2D eigenvalue weighted by Crippen LogP contribution is 2.35. The maximum atomic E-state index is 14.1. The number of aromatic nitrogens is 2. The third-order valence-electron chi connectivity index (χ3n) is 6.52. The van der Waals surface area contributed by atoms with Gasteiger partial charge in [-0.3, -0.25) is 4.79 Å². The predicted molar refractivity (Wildman–Crippen MR) is 140 cm³/mol. The molecule has 10 heteroatoms. The molecule has 37 heavy (non-hydrogen) atoms. The van der Waals surface area contributed by atoms with Crippen molar-refractivity contribution in [3.63, 3.8) is 0 Å². The molecular formula is C27H32ClFN4O4. The highest BCUT2D eigenvalue weighted by Gasteiger charge is 2.39. The Balaban J connectivity index is 1.78. The van der Waals surface area contributed by atoms with Crippen molar-refractivity contribution >= 4 is 23.3 Å². The van der Waals surface area contributed by atoms with E-state index in [-0.39, 0.29) is 44.9 Å². The Morgan fingerprint density at radius 1 is 1.22 bits per heavy atom. The minimum Gasteiger partial charge on any atom is -0.396 e. The van der Waals surface area contributed by atoms with Gasteiger partial charge in [-0.25, -0.2) is 9.37 Å². The zero-order valence-electron chi connectivity index (χ0n) is 21.2. The van der Waals surface area contributed by atoms with Crippen LogP contribution in [0.2, 0.25) is 5.02 Å². The highest BCUT2D eigenvalue weighted by molar-refractivity contribution is 6.33. The number of benzene rings is 1. The van der Waals surface area contributed by atoms with Gasteiger partial charge in [0.05, 0.1) is 30.3 Å². The molecule has 1 amide bonds. The summed E-state index contributed by atoms with van der Waals surface area (Å²) in [6.07, 6.45) is 3.42. The first-order valence-electron chi connectivity index (χ1n) is 12.1. The van der Waals surface area contributed by atoms with Gasteiger partial charge in [0.1, 0.15) is 17.3 Å². The van der Waals surface area contributed by atoms with Crippen LogP contribution in [-0.4, -0.2) is 63.5 Å². The first-order valence-corrected chi connectivity index (χ1v) is 12.5. The van der Waals surface area contributed by atoms with Crippen molar-refractivity contribution in [2.45, 2.75) is 39.6 Å². The fraction of sp³-hybridized carbons (Fsp3) is 0.407. The average Bonchev–Trinajstić information content (AvgIpc) is 3.23. The molecule has 0 saturated heterocycles. The van der Waals surface area contributed by atoms with Gasteiger partial charge in [0.2, 0.25) is 0 Å². The molecule has 1 aliphatic heterocycles. The first-order chi connectivity index (χ1) is 17.7. The summed E-state index contributed by atoms with van der Waals surface area (Å²) < 4.78 is 21.3. The predicted octanol–water partition coefficient (Wildman–Crippen LogP) is 3.94. The molecule has 0 spiro atoms. The highest BCUT2D eigenvalue weighted by atomic mass is 35.5. The van der Waals surface area contributed by atoms with E-state index in [1.54, 1.807) is 24.3 Å². The summed E-state index contributed by atoms with van der Waals surface area (Å²) in [5, 5.41) is 23.9. The number of fused-ring (bicyclic) bond motifs is 1. The molecule has 3 heterocycles. The van der Waals surface area contributed by atoms with Crippen LogP contribution in [0.25, 0.3) is 11.1 Å². The molecule has 3 N–H and O–H groups in total. The number of carbonyl (C=O) groups is 1. The molecule has 1 aliphatic rings. The SMILES string of the molecule is COCC1(CO)CN(Cc2cc(F)ccc2CO)C(=O)c2cc(-c3cc(NC(C)C)ncc3Cl)cn2C1. The van der Waals surface area contributed by atoms with Crippen molar-refractivity contribution in [1.82, 2.24) is 14.5 Å². The van der Waals surface area contributed by atoms with Gasteiger partial charge in [-0.1, -0.05) is 17.7 Å². The number of halogens is 2. The number of nitrogens with one attached hydrogen (secondary N) is 1. The van der Waals surface area contributed by atoms with E-state index in [4.69, 9.17) is 16.3 Å². The van der Waals surface area contributed by atoms with E-state index in [9.17, 15) is 19.4 Å². The molecule has 4 rings (SSSR count). The summed E-state index contributed by atoms with van der Waals surface area (Å²) in [6, 6.07) is 7.90. The lowest BCUT2D eigenvalue weighted by atomic mass is 9.89. The lowest BCUT2D eigenvalue weighted by Gasteiger charge is -2.34. The van der Waals surface area contributed by atoms with Crippen LogP contribution in [-0.2, 0) is 24.4 Å². The maximum absolute atomic E-state index is 14.1. The molecule has 1 unspecified atom stereocenters. The normalized spacial score (nSPS) is 17.7. The number of hydrogen-bond acceptors (Lipinski definition) is 6. The fourth-order valence-electron chi connectivity index (χ4n) is 4.82. The summed E-state index contributed by atoms with van der Waals surface area (Å²) in [5.41, 5.74) is 2.09. The van der Waals surface area contributed by atoms with E-state index < -0.39 is 11.2 Å². The monoisotopic (exact) mass is 530 g/mol. The second-order valence-corrected chi connectivity index (χ2v) is 10.3. The number of rotatable bonds is 9. The van der Waals surface area contributed by atoms with Crippen LogP contribution in [0.3, 0.4) is 0 Å². The van der Waals surface area contributed by atoms with Crippen LogP contribution < -0.4 is 5.32 Å². The minimum atomic E-state index is -0.801. The Kier molecular flexibility index (Phi) is 8.18. The summed E-state index contributed by atoms with van der Waals surface area (Å²) in [5.74, 6) is -0.0735. The number of methoxy groups -OCH3 is 1. The van der Waals surface area contributed by atoms with E-state index >= 15 is 0 Å². The Labute approximate surface area is 220 Å². The summed E-state index contributed by atoms with van der Waals surface area (Å²) in [7, 11) is 1.55. The largest absolute Gasteiger partial charge is 0.396 e. The van der Waals surface area contributed by atoms with Crippen LogP contribution in [0.4, 0.5) is 10.2 Å². The van der Waals surface area contributed by atoms with Gasteiger partial charge in [0, 0.05) is 56.3 Å². The molecule has 0 aliphatic carbocycles. The van der Waals surface area contributed by atoms with Crippen molar-refractivity contribution in [3.8, 4) is 11.1 Å². The molecule has 2 aromatic heterocycles. The van der Waals surface area contributed by atoms with E-state index in [2.05, 4.69) is 10.3 Å². The molecule has 0 saturated carbocycles. The standard InChI is InChI=1S/C27H32ClFN4O4/c1-17(2)31-25-8-22(23(28)9-30-25)20-7-24-26(36)33(10-19-6-21(29)5-4-18(19)12-34)14-27(15-35,16-37-3)13-32(24)11-20/h4-9,11,17,34-35H,10,12-16H2,1-3H3,(H,30,31). The van der Waals surface area contributed by atoms with E-state index in [0.717, 1.165) is 5.56 Å². The van der Waals surface area contributed by atoms with Gasteiger partial charge in [-0.05, 0) is 49.2 Å². The molecule has 198 valence electrons. The molecule has 3 aromatic rings. The molecular weight excluding hydrogens is 499 g/mol. The summed E-state index contributed by atoms with van der Waals surface area (Å²) in [4.78, 5) is 19.8. The second-order valence-electron chi connectivity index (χ2n) is 9.91. The lowest BCUT2D eigenvalue weighted by Crippen LogP contribution is -2.45. The summed E-state index contributed by atoms with van der Waals surface area (Å²) >= 11 is 6.50. The number of hydrogen-bond donors (Lipinski definition) is 3. The van der Waals surface area contributed by atoms with Crippen molar-refractivity contribution in [3.05, 3.63) is 70.4 Å². The van der Waals surface area contributed by atoms with Crippen LogP contribution in [0.5, 0.6) is 0 Å². The Morgan fingerprint density at radius 2 is 2.00 bits per heavy atom. The van der Waals surface area contributed by atoms with E-state index in [0.29, 0.717) is 39.8 Å². The van der Waals surface area contributed by atoms with Crippen LogP contribution in [0.15, 0.2) is 42.7 Å². The maximum Gasteiger partial charge on any atom is 0.270 e. The average molecular weight is 531 g/mol. The lowest BCUT2D eigenvalue weighted by molar-refractivity contribution is -0.00246. The van der Waals surface area contributed by atoms with Gasteiger partial charge < -0.3 is 29.7 Å². The van der Waals surface area contributed by atoms with Crippen LogP contribution in [0, 0.1) is 11.2 Å². The zero-order chi connectivity index (χ0) is 26.7. The molecule has 1 atom stereocenters. The van der Waals surface area contributed by atoms with E-state index in [1.807, 2.05) is 30.7 Å². The van der Waals surface area contributed by atoms with Crippen molar-refractivity contribution < 1.29 is 24.1 Å². The fourth-order valence-corrected chi connectivity index (χ4v) is 5.04. The van der Waals surface area contributed by atoms with E-state index in [1.165, 1.54) is 18.2 Å². The van der Waals surface area contributed by atoms with Gasteiger partial charge in [0.15, 0.2) is 0 Å². The number of aliphatic hydroxyl groups excluding tert-OH is 2. The topological polar surface area (TPSA) is 99.8 Å². The number of anilines is 1. The molecule has 8 nitrogen and oxygen atoms in total.